The second kappa shape index (κ2) is 10.1. The molecule has 3 aromatic rings. The molecule has 3 atom stereocenters. The number of aromatic nitrogens is 4. The number of morpholine rings is 1. The molecule has 2 aromatic heterocycles. The average Bonchev–Trinajstić information content (AvgIpc) is 3.47. The Morgan fingerprint density at radius 1 is 1.23 bits per heavy atom. The van der Waals surface area contributed by atoms with E-state index in [9.17, 15) is 9.59 Å². The summed E-state index contributed by atoms with van der Waals surface area (Å²) in [4.78, 5) is 30.7. The fraction of sp³-hybridized carbons (Fsp3) is 0.520. The molecule has 0 radical (unpaired) electrons. The van der Waals surface area contributed by atoms with Crippen molar-refractivity contribution in [1.29, 1.82) is 0 Å². The van der Waals surface area contributed by atoms with E-state index < -0.39 is 0 Å². The Kier molecular flexibility index (Phi) is 6.95. The molecule has 0 bridgehead atoms. The van der Waals surface area contributed by atoms with Crippen molar-refractivity contribution in [1.82, 2.24) is 29.0 Å². The van der Waals surface area contributed by atoms with Crippen molar-refractivity contribution in [2.24, 2.45) is 0 Å². The number of carbonyl (C=O) groups excluding carboxylic acids is 1. The minimum Gasteiger partial charge on any atom is -0.373 e. The van der Waals surface area contributed by atoms with Crippen molar-refractivity contribution in [2.45, 2.75) is 56.6 Å². The molecule has 2 saturated heterocycles. The summed E-state index contributed by atoms with van der Waals surface area (Å²) in [6.07, 6.45) is 4.17. The lowest BCUT2D eigenvalue weighted by molar-refractivity contribution is -0.130. The van der Waals surface area contributed by atoms with E-state index in [1.54, 1.807) is 16.7 Å². The fourth-order valence-corrected chi connectivity index (χ4v) is 6.24. The van der Waals surface area contributed by atoms with Gasteiger partial charge in [0, 0.05) is 38.8 Å². The second-order valence-corrected chi connectivity index (χ2v) is 10.4. The Bertz CT molecular complexity index is 1290. The molecule has 35 heavy (non-hydrogen) atoms. The number of hydrogen-bond donors (Lipinski definition) is 0. The molecule has 1 aromatic carbocycles. The van der Waals surface area contributed by atoms with Crippen LogP contribution in [0.5, 0.6) is 0 Å². The normalized spacial score (nSPS) is 23.4. The Morgan fingerprint density at radius 3 is 2.77 bits per heavy atom. The number of hydrogen-bond acceptors (Lipinski definition) is 7. The Balaban J connectivity index is 1.34. The summed E-state index contributed by atoms with van der Waals surface area (Å²) in [6.45, 7) is 11.8. The number of ether oxygens (including phenoxy) is 1. The molecule has 2 aliphatic rings. The topological polar surface area (TPSA) is 85.0 Å². The first-order chi connectivity index (χ1) is 17.0. The zero-order valence-electron chi connectivity index (χ0n) is 20.3. The van der Waals surface area contributed by atoms with Gasteiger partial charge in [-0.25, -0.2) is 0 Å². The third-order valence-electron chi connectivity index (χ3n) is 6.78. The van der Waals surface area contributed by atoms with E-state index in [0.29, 0.717) is 22.9 Å². The van der Waals surface area contributed by atoms with Crippen molar-refractivity contribution in [3.8, 4) is 0 Å². The summed E-state index contributed by atoms with van der Waals surface area (Å²) in [5, 5.41) is 9.83. The van der Waals surface area contributed by atoms with Crippen LogP contribution in [0.4, 0.5) is 0 Å². The van der Waals surface area contributed by atoms with Crippen molar-refractivity contribution < 1.29 is 9.53 Å². The lowest BCUT2D eigenvalue weighted by Crippen LogP contribution is -2.51. The van der Waals surface area contributed by atoms with Crippen LogP contribution in [-0.4, -0.2) is 85.1 Å². The Hall–Kier alpha value is -2.69. The molecular formula is C25H32N6O3S. The highest BCUT2D eigenvalue weighted by Crippen LogP contribution is 2.25. The van der Waals surface area contributed by atoms with E-state index in [1.165, 1.54) is 11.8 Å². The number of allylic oxidation sites excluding steroid dienone is 1. The lowest BCUT2D eigenvalue weighted by atomic mass is 10.1. The molecule has 0 N–H and O–H groups in total. The summed E-state index contributed by atoms with van der Waals surface area (Å²) in [6, 6.07) is 7.66. The lowest BCUT2D eigenvalue weighted by Gasteiger charge is -2.38. The first kappa shape index (κ1) is 24.0. The third-order valence-corrected chi connectivity index (χ3v) is 7.69. The standard InChI is InChI=1S/C25H32N6O3S/c1-4-11-30-23(33)20-9-5-6-10-21(20)31-24(30)26-27-25(31)35-16-22(32)29-12-7-8-19(29)15-28-13-17(2)34-18(3)14-28/h4-6,9-10,17-19H,1,7-8,11-16H2,2-3H3. The van der Waals surface area contributed by atoms with Crippen LogP contribution >= 0.6 is 11.8 Å². The highest BCUT2D eigenvalue weighted by atomic mass is 32.2. The number of rotatable bonds is 7. The van der Waals surface area contributed by atoms with E-state index in [4.69, 9.17) is 4.74 Å². The van der Waals surface area contributed by atoms with Gasteiger partial charge in [0.15, 0.2) is 5.16 Å². The van der Waals surface area contributed by atoms with Crippen LogP contribution in [0.15, 0.2) is 46.9 Å². The van der Waals surface area contributed by atoms with Crippen LogP contribution in [0.1, 0.15) is 26.7 Å². The summed E-state index contributed by atoms with van der Waals surface area (Å²) >= 11 is 1.37. The van der Waals surface area contributed by atoms with Gasteiger partial charge < -0.3 is 9.64 Å². The number of thioether (sulfide) groups is 1. The van der Waals surface area contributed by atoms with E-state index in [1.807, 2.05) is 27.5 Å². The van der Waals surface area contributed by atoms with E-state index in [0.717, 1.165) is 44.5 Å². The first-order valence-corrected chi connectivity index (χ1v) is 13.2. The summed E-state index contributed by atoms with van der Waals surface area (Å²) in [5.41, 5.74) is 0.613. The highest BCUT2D eigenvalue weighted by Gasteiger charge is 2.32. The van der Waals surface area contributed by atoms with Crippen LogP contribution in [-0.2, 0) is 16.1 Å². The molecule has 3 unspecified atom stereocenters. The molecule has 0 spiro atoms. The largest absolute Gasteiger partial charge is 0.373 e. The van der Waals surface area contributed by atoms with Crippen molar-refractivity contribution in [2.75, 3.05) is 31.9 Å². The molecule has 186 valence electrons. The number of nitrogens with zero attached hydrogens (tertiary/aromatic N) is 6. The quantitative estimate of drug-likeness (QED) is 0.367. The van der Waals surface area contributed by atoms with Crippen LogP contribution < -0.4 is 5.56 Å². The summed E-state index contributed by atoms with van der Waals surface area (Å²) in [5.74, 6) is 0.854. The molecule has 9 nitrogen and oxygen atoms in total. The predicted molar refractivity (Wildman–Crippen MR) is 137 cm³/mol. The van der Waals surface area contributed by atoms with Gasteiger partial charge in [-0.1, -0.05) is 30.0 Å². The van der Waals surface area contributed by atoms with Crippen LogP contribution in [0, 0.1) is 0 Å². The predicted octanol–water partition coefficient (Wildman–Crippen LogP) is 2.42. The molecule has 2 fully saturated rings. The van der Waals surface area contributed by atoms with Gasteiger partial charge in [0.2, 0.25) is 11.7 Å². The average molecular weight is 497 g/mol. The molecular weight excluding hydrogens is 464 g/mol. The molecule has 5 rings (SSSR count). The molecule has 10 heteroatoms. The molecule has 0 saturated carbocycles. The highest BCUT2D eigenvalue weighted by molar-refractivity contribution is 7.99. The van der Waals surface area contributed by atoms with Gasteiger partial charge >= 0.3 is 0 Å². The maximum Gasteiger partial charge on any atom is 0.263 e. The number of carbonyl (C=O) groups is 1. The maximum absolute atomic E-state index is 13.3. The number of amides is 1. The van der Waals surface area contributed by atoms with Gasteiger partial charge in [0.25, 0.3) is 5.56 Å². The minimum atomic E-state index is -0.125. The van der Waals surface area contributed by atoms with Gasteiger partial charge in [-0.2, -0.15) is 0 Å². The van der Waals surface area contributed by atoms with E-state index in [-0.39, 0.29) is 35.5 Å². The minimum absolute atomic E-state index is 0.118. The third kappa shape index (κ3) is 4.74. The fourth-order valence-electron chi connectivity index (χ4n) is 5.42. The summed E-state index contributed by atoms with van der Waals surface area (Å²) < 4.78 is 9.30. The number of para-hydroxylation sites is 1. The zero-order valence-corrected chi connectivity index (χ0v) is 21.1. The van der Waals surface area contributed by atoms with Gasteiger partial charge in [0.1, 0.15) is 0 Å². The number of likely N-dealkylation sites (tertiary alicyclic amines) is 1. The zero-order chi connectivity index (χ0) is 24.5. The summed E-state index contributed by atoms with van der Waals surface area (Å²) in [7, 11) is 0. The first-order valence-electron chi connectivity index (χ1n) is 12.2. The maximum atomic E-state index is 13.3. The number of fused-ring (bicyclic) bond motifs is 3. The molecule has 4 heterocycles. The van der Waals surface area contributed by atoms with Crippen LogP contribution in [0.3, 0.4) is 0 Å². The Morgan fingerprint density at radius 2 is 2.00 bits per heavy atom. The Labute approximate surface area is 208 Å². The van der Waals surface area contributed by atoms with Gasteiger partial charge in [0.05, 0.1) is 28.9 Å². The van der Waals surface area contributed by atoms with Crippen molar-refractivity contribution >= 4 is 34.3 Å². The van der Waals surface area contributed by atoms with Crippen LogP contribution in [0.25, 0.3) is 16.7 Å². The van der Waals surface area contributed by atoms with Gasteiger partial charge in [-0.15, -0.1) is 16.8 Å². The van der Waals surface area contributed by atoms with Crippen LogP contribution in [0.2, 0.25) is 0 Å². The molecule has 2 aliphatic heterocycles. The second-order valence-electron chi connectivity index (χ2n) is 9.49. The van der Waals surface area contributed by atoms with Crippen molar-refractivity contribution in [3.05, 3.63) is 47.3 Å². The molecule has 1 amide bonds. The monoisotopic (exact) mass is 496 g/mol. The molecule has 0 aliphatic carbocycles. The van der Waals surface area contributed by atoms with Gasteiger partial charge in [-0.05, 0) is 38.8 Å². The van der Waals surface area contributed by atoms with Gasteiger partial charge in [-0.3, -0.25) is 23.5 Å². The number of benzene rings is 1. The van der Waals surface area contributed by atoms with Crippen molar-refractivity contribution in [3.63, 3.8) is 0 Å². The smallest absolute Gasteiger partial charge is 0.263 e. The van der Waals surface area contributed by atoms with E-state index >= 15 is 0 Å². The SMILES string of the molecule is C=CCn1c(=O)c2ccccc2n2c(SCC(=O)N3CCCC3CN3CC(C)OC(C)C3)nnc12. The van der Waals surface area contributed by atoms with E-state index in [2.05, 4.69) is 35.5 Å².